The average molecular weight is 408 g/mol. The lowest BCUT2D eigenvalue weighted by molar-refractivity contribution is -0.137. The quantitative estimate of drug-likeness (QED) is 0.501. The molecule has 0 aliphatic carbocycles. The van der Waals surface area contributed by atoms with E-state index in [-0.39, 0.29) is 11.5 Å². The van der Waals surface area contributed by atoms with E-state index in [1.165, 1.54) is 12.3 Å². The lowest BCUT2D eigenvalue weighted by atomic mass is 10.0. The van der Waals surface area contributed by atoms with Gasteiger partial charge in [0.1, 0.15) is 0 Å². The summed E-state index contributed by atoms with van der Waals surface area (Å²) in [5.74, 6) is -0.300. The van der Waals surface area contributed by atoms with Crippen molar-refractivity contribution in [2.75, 3.05) is 5.32 Å². The van der Waals surface area contributed by atoms with E-state index in [4.69, 9.17) is 0 Å². The second-order valence-corrected chi connectivity index (χ2v) is 6.63. The number of nitrogens with one attached hydrogen (secondary N) is 1. The highest BCUT2D eigenvalue weighted by atomic mass is 19.4. The zero-order valence-corrected chi connectivity index (χ0v) is 15.7. The summed E-state index contributed by atoms with van der Waals surface area (Å²) in [4.78, 5) is 25.4. The zero-order chi connectivity index (χ0) is 21.3. The molecule has 0 unspecified atom stereocenters. The Morgan fingerprint density at radius 2 is 1.77 bits per heavy atom. The summed E-state index contributed by atoms with van der Waals surface area (Å²) < 4.78 is 39.2. The third kappa shape index (κ3) is 3.98. The van der Waals surface area contributed by atoms with Crippen LogP contribution in [0.5, 0.6) is 0 Å². The monoisotopic (exact) mass is 408 g/mol. The van der Waals surface area contributed by atoms with Gasteiger partial charge in [0.2, 0.25) is 5.95 Å². The van der Waals surface area contributed by atoms with Gasteiger partial charge in [-0.25, -0.2) is 15.0 Å². The highest BCUT2D eigenvalue weighted by molar-refractivity contribution is 6.11. The van der Waals surface area contributed by atoms with Gasteiger partial charge in [-0.3, -0.25) is 10.1 Å². The largest absolute Gasteiger partial charge is 0.416 e. The molecule has 2 heterocycles. The highest BCUT2D eigenvalue weighted by Gasteiger charge is 2.30. The van der Waals surface area contributed by atoms with E-state index >= 15 is 0 Å². The molecule has 0 aliphatic heterocycles. The molecule has 1 amide bonds. The Bertz CT molecular complexity index is 1250. The molecule has 2 aromatic heterocycles. The van der Waals surface area contributed by atoms with Gasteiger partial charge in [-0.2, -0.15) is 13.2 Å². The number of benzene rings is 2. The van der Waals surface area contributed by atoms with Crippen LogP contribution in [0.3, 0.4) is 0 Å². The number of anilines is 1. The number of hydrogen-bond donors (Lipinski definition) is 1. The van der Waals surface area contributed by atoms with Gasteiger partial charge in [-0.15, -0.1) is 0 Å². The molecular weight excluding hydrogens is 393 g/mol. The average Bonchev–Trinajstić information content (AvgIpc) is 2.72. The minimum Gasteiger partial charge on any atom is -0.290 e. The van der Waals surface area contributed by atoms with Gasteiger partial charge < -0.3 is 0 Å². The molecule has 0 atom stereocenters. The number of alkyl halides is 3. The van der Waals surface area contributed by atoms with Crippen LogP contribution in [0.15, 0.2) is 66.9 Å². The summed E-state index contributed by atoms with van der Waals surface area (Å²) >= 11 is 0. The molecule has 5 nitrogen and oxygen atoms in total. The third-order valence-electron chi connectivity index (χ3n) is 4.47. The van der Waals surface area contributed by atoms with E-state index in [0.717, 1.165) is 12.1 Å². The minimum absolute atomic E-state index is 0.158. The second kappa shape index (κ2) is 7.55. The van der Waals surface area contributed by atoms with E-state index in [1.54, 1.807) is 49.4 Å². The fourth-order valence-electron chi connectivity index (χ4n) is 3.02. The Kier molecular flexibility index (Phi) is 4.91. The van der Waals surface area contributed by atoms with Crippen molar-refractivity contribution in [1.82, 2.24) is 15.0 Å². The maximum absolute atomic E-state index is 13.1. The SMILES string of the molecule is Cc1ccnc(NC(=O)c2cccc3ccc(-c4cccc(C(F)(F)F)c4)nc23)n1. The van der Waals surface area contributed by atoms with Crippen LogP contribution in [0, 0.1) is 6.92 Å². The van der Waals surface area contributed by atoms with Crippen LogP contribution >= 0.6 is 0 Å². The molecule has 8 heteroatoms. The Balaban J connectivity index is 1.75. The maximum atomic E-state index is 13.1. The van der Waals surface area contributed by atoms with Crippen molar-refractivity contribution in [2.24, 2.45) is 0 Å². The van der Waals surface area contributed by atoms with Crippen molar-refractivity contribution in [3.05, 3.63) is 83.7 Å². The number of para-hydroxylation sites is 1. The Morgan fingerprint density at radius 1 is 0.967 bits per heavy atom. The summed E-state index contributed by atoms with van der Waals surface area (Å²) in [5, 5.41) is 3.31. The first-order valence-corrected chi connectivity index (χ1v) is 9.00. The number of amides is 1. The lowest BCUT2D eigenvalue weighted by Crippen LogP contribution is -2.15. The van der Waals surface area contributed by atoms with Gasteiger partial charge in [0, 0.05) is 22.8 Å². The summed E-state index contributed by atoms with van der Waals surface area (Å²) in [7, 11) is 0. The summed E-state index contributed by atoms with van der Waals surface area (Å²) in [6.07, 6.45) is -2.92. The molecule has 4 aromatic rings. The molecule has 4 rings (SSSR count). The van der Waals surface area contributed by atoms with Crippen LogP contribution in [0.4, 0.5) is 19.1 Å². The van der Waals surface area contributed by atoms with Crippen molar-refractivity contribution in [1.29, 1.82) is 0 Å². The second-order valence-electron chi connectivity index (χ2n) is 6.63. The van der Waals surface area contributed by atoms with Crippen LogP contribution in [0.2, 0.25) is 0 Å². The van der Waals surface area contributed by atoms with Crippen molar-refractivity contribution in [3.8, 4) is 11.3 Å². The van der Waals surface area contributed by atoms with Gasteiger partial charge in [-0.1, -0.05) is 30.3 Å². The number of aryl methyl sites for hydroxylation is 1. The molecule has 1 N–H and O–H groups in total. The maximum Gasteiger partial charge on any atom is 0.416 e. The first kappa shape index (κ1) is 19.5. The van der Waals surface area contributed by atoms with E-state index in [1.807, 2.05) is 0 Å². The first-order valence-electron chi connectivity index (χ1n) is 9.00. The van der Waals surface area contributed by atoms with Crippen LogP contribution < -0.4 is 5.32 Å². The number of pyridine rings is 1. The van der Waals surface area contributed by atoms with Crippen LogP contribution in [0.1, 0.15) is 21.6 Å². The Morgan fingerprint density at radius 3 is 2.53 bits per heavy atom. The molecule has 2 aromatic carbocycles. The predicted molar refractivity (Wildman–Crippen MR) is 107 cm³/mol. The van der Waals surface area contributed by atoms with E-state index < -0.39 is 17.6 Å². The number of hydrogen-bond acceptors (Lipinski definition) is 4. The van der Waals surface area contributed by atoms with Crippen molar-refractivity contribution in [3.63, 3.8) is 0 Å². The number of carbonyl (C=O) groups excluding carboxylic acids is 1. The molecule has 0 fully saturated rings. The van der Waals surface area contributed by atoms with E-state index in [0.29, 0.717) is 27.9 Å². The summed E-state index contributed by atoms with van der Waals surface area (Å²) in [6, 6.07) is 15.1. The van der Waals surface area contributed by atoms with Gasteiger partial charge in [-0.05, 0) is 37.3 Å². The Hall–Kier alpha value is -3.81. The van der Waals surface area contributed by atoms with Gasteiger partial charge in [0.05, 0.1) is 22.3 Å². The fraction of sp³-hybridized carbons (Fsp3) is 0.0909. The third-order valence-corrected chi connectivity index (χ3v) is 4.47. The smallest absolute Gasteiger partial charge is 0.290 e. The van der Waals surface area contributed by atoms with Crippen LogP contribution in [-0.4, -0.2) is 20.9 Å². The van der Waals surface area contributed by atoms with Crippen molar-refractivity contribution >= 4 is 22.8 Å². The Labute approximate surface area is 169 Å². The number of fused-ring (bicyclic) bond motifs is 1. The summed E-state index contributed by atoms with van der Waals surface area (Å²) in [5.41, 5.74) is 1.22. The number of aromatic nitrogens is 3. The van der Waals surface area contributed by atoms with Gasteiger partial charge in [0.25, 0.3) is 5.91 Å². The molecule has 0 bridgehead atoms. The lowest BCUT2D eigenvalue weighted by Gasteiger charge is -2.10. The van der Waals surface area contributed by atoms with Gasteiger partial charge >= 0.3 is 6.18 Å². The van der Waals surface area contributed by atoms with Crippen molar-refractivity contribution in [2.45, 2.75) is 13.1 Å². The topological polar surface area (TPSA) is 67.8 Å². The normalized spacial score (nSPS) is 11.5. The number of rotatable bonds is 3. The van der Waals surface area contributed by atoms with E-state index in [2.05, 4.69) is 20.3 Å². The predicted octanol–water partition coefficient (Wildman–Crippen LogP) is 5.27. The molecule has 0 saturated heterocycles. The molecule has 30 heavy (non-hydrogen) atoms. The number of halogens is 3. The standard InChI is InChI=1S/C22H15F3N4O/c1-13-10-11-26-21(27-13)29-20(30)17-7-3-4-14-8-9-18(28-19(14)17)15-5-2-6-16(12-15)22(23,24)25/h2-12H,1H3,(H,26,27,29,30). The van der Waals surface area contributed by atoms with Gasteiger partial charge in [0.15, 0.2) is 0 Å². The molecule has 0 aliphatic rings. The van der Waals surface area contributed by atoms with Crippen LogP contribution in [-0.2, 0) is 6.18 Å². The molecule has 0 radical (unpaired) electrons. The first-order chi connectivity index (χ1) is 14.3. The van der Waals surface area contributed by atoms with Crippen LogP contribution in [0.25, 0.3) is 22.2 Å². The summed E-state index contributed by atoms with van der Waals surface area (Å²) in [6.45, 7) is 1.78. The minimum atomic E-state index is -4.45. The zero-order valence-electron chi connectivity index (χ0n) is 15.7. The van der Waals surface area contributed by atoms with E-state index in [9.17, 15) is 18.0 Å². The fourth-order valence-corrected chi connectivity index (χ4v) is 3.02. The number of nitrogens with zero attached hydrogens (tertiary/aromatic N) is 3. The highest BCUT2D eigenvalue weighted by Crippen LogP contribution is 2.32. The van der Waals surface area contributed by atoms with Crippen molar-refractivity contribution < 1.29 is 18.0 Å². The molecule has 0 saturated carbocycles. The number of carbonyl (C=O) groups is 1. The molecular formula is C22H15F3N4O. The molecule has 0 spiro atoms. The molecule has 150 valence electrons.